The minimum absolute atomic E-state index is 0.0605. The molecule has 11 N–H and O–H groups in total. The molecule has 51 nitrogen and oxygen atoms in total. The van der Waals surface area contributed by atoms with Crippen molar-refractivity contribution in [2.24, 2.45) is 0 Å². The van der Waals surface area contributed by atoms with Crippen LogP contribution in [0.4, 0.5) is 20.5 Å². The first-order chi connectivity index (χ1) is 52.5. The van der Waals surface area contributed by atoms with Gasteiger partial charge in [0.2, 0.25) is 5.95 Å². The number of nitrogens with two attached hydrogens (primary N) is 2. The van der Waals surface area contributed by atoms with Crippen LogP contribution in [0.15, 0.2) is 89.3 Å². The quantitative estimate of drug-likeness (QED) is 0.0182. The van der Waals surface area contributed by atoms with Gasteiger partial charge in [-0.25, -0.2) is 56.8 Å². The van der Waals surface area contributed by atoms with E-state index in [0.717, 1.165) is 69.1 Å². The predicted molar refractivity (Wildman–Crippen MR) is 353 cm³/mol. The first kappa shape index (κ1) is 83.1. The molecule has 0 amide bonds. The molecule has 0 aromatic carbocycles. The van der Waals surface area contributed by atoms with Crippen LogP contribution in [0.25, 0.3) is 22.3 Å². The van der Waals surface area contributed by atoms with Crippen LogP contribution in [0.3, 0.4) is 0 Å². The number of phosphoric acid groups is 5. The third-order valence-corrected chi connectivity index (χ3v) is 22.5. The van der Waals surface area contributed by atoms with Gasteiger partial charge in [-0.05, 0) is 13.3 Å². The fraction of sp³-hybridized carbons (Fsp3) is 0.585. The molecule has 111 heavy (non-hydrogen) atoms. The molecule has 10 unspecified atom stereocenters. The largest absolute Gasteiger partial charge is 0.756 e. The number of ether oxygens (including phenoxy) is 8. The highest BCUT2D eigenvalue weighted by Crippen LogP contribution is 2.56. The van der Waals surface area contributed by atoms with Gasteiger partial charge >= 0.3 is 40.5 Å². The van der Waals surface area contributed by atoms with Gasteiger partial charge in [0.05, 0.1) is 51.8 Å². The first-order valence-corrected chi connectivity index (χ1v) is 39.9. The van der Waals surface area contributed by atoms with Crippen molar-refractivity contribution in [1.82, 2.24) is 67.7 Å². The van der Waals surface area contributed by atoms with Gasteiger partial charge in [-0.2, -0.15) is 4.98 Å². The van der Waals surface area contributed by atoms with Crippen LogP contribution in [0.5, 0.6) is 0 Å². The summed E-state index contributed by atoms with van der Waals surface area (Å²) in [5.41, 5.74) is 3.93. The molecule has 7 aromatic rings. The second-order valence-corrected chi connectivity index (χ2v) is 31.3. The number of hydrogen-bond acceptors (Lipinski definition) is 39. The Balaban J connectivity index is 0.790. The van der Waals surface area contributed by atoms with Crippen LogP contribution in [0, 0.1) is 0 Å². The van der Waals surface area contributed by atoms with Gasteiger partial charge in [0.15, 0.2) is 66.1 Å². The Labute approximate surface area is 615 Å². The number of rotatable bonds is 33. The lowest BCUT2D eigenvalue weighted by atomic mass is 10.1. The summed E-state index contributed by atoms with van der Waals surface area (Å²) >= 11 is 0. The maximum atomic E-state index is 16.9. The zero-order valence-corrected chi connectivity index (χ0v) is 62.0. The molecular formula is C53H67F2N16O35P5-2. The predicted octanol–water partition coefficient (Wildman–Crippen LogP) is -3.34. The normalized spacial score (nSPS) is 31.7. The molecule has 5 saturated heterocycles. The summed E-state index contributed by atoms with van der Waals surface area (Å²) in [5.74, 6) is -0.516. The lowest BCUT2D eigenvalue weighted by Gasteiger charge is -2.32. The van der Waals surface area contributed by atoms with Crippen molar-refractivity contribution >= 4 is 73.2 Å². The van der Waals surface area contributed by atoms with Gasteiger partial charge in [0.25, 0.3) is 37.9 Å². The molecule has 610 valence electrons. The van der Waals surface area contributed by atoms with Crippen LogP contribution in [-0.4, -0.2) is 228 Å². The average Bonchev–Trinajstić information content (AvgIpc) is 1.62. The number of nitrogens with one attached hydrogen (secondary N) is 4. The monoisotopic (exact) mass is 1680 g/mol. The van der Waals surface area contributed by atoms with Gasteiger partial charge in [-0.3, -0.25) is 98.2 Å². The van der Waals surface area contributed by atoms with Crippen molar-refractivity contribution in [3.05, 3.63) is 129 Å². The van der Waals surface area contributed by atoms with Crippen LogP contribution >= 0.6 is 39.1 Å². The van der Waals surface area contributed by atoms with Crippen LogP contribution < -0.4 is 60.6 Å². The number of phosphoric ester groups is 5. The molecule has 0 bridgehead atoms. The molecule has 0 aliphatic carbocycles. The molecule has 5 aliphatic rings. The zero-order chi connectivity index (χ0) is 80.1. The highest BCUT2D eigenvalue weighted by molar-refractivity contribution is 7.48. The molecular weight excluding hydrogens is 1610 g/mol. The third-order valence-electron chi connectivity index (χ3n) is 17.5. The standard InChI is InChI=1S/C53H69F2N16O35P5/c1-6-21-33(29(54)45(97-21)67-11-8-26(72)62-51(67)76)102-108(81,82)93-14-22-34(30(55)46(98-22)68-12-9-27(73)63-52(68)77)103-109(83,84)94-15-23-35(38(89-3)47(99-23)69-13-10-28(74)64-53(69)78)105-110(85,86)96-17-25-37(40(91-5)49(101-25)71-20-61-32-43(71)65-50(57)66-44(32)75)106-111(87,88)95-16-24-36(104-107(79,80)92-7-2)39(90-4)48(100-24)70-19-60-31-41(56)58-18-59-42(31)70/h8-13,18-25,29-30,33-40,45-49H,6-7,14-17H2,1-5H3,(H,79,80)(H,81,82)(H,83,84)(H,85,86)(H,87,88)(H2,56,58,59)(H,62,72,76)(H,63,73,77)(H,64,74,78)(H3,57,65,66,75)/p-2/t21-,22-,23-,24-,25-,29+,30+,33?,34?,35?,36?,37?,38+,39+,40+,45-,46-,47-,48-,49-/m1/s1. The topological polar surface area (TPSA) is 682 Å². The second kappa shape index (κ2) is 33.2. The van der Waals surface area contributed by atoms with Gasteiger partial charge in [0.1, 0.15) is 85.1 Å². The summed E-state index contributed by atoms with van der Waals surface area (Å²) in [5, 5.41) is 0. The summed E-state index contributed by atoms with van der Waals surface area (Å²) in [6.45, 7) is -2.88. The Morgan fingerprint density at radius 2 is 0.838 bits per heavy atom. The lowest BCUT2D eigenvalue weighted by Crippen LogP contribution is -2.41. The van der Waals surface area contributed by atoms with Gasteiger partial charge in [0, 0.05) is 58.1 Å². The Morgan fingerprint density at radius 3 is 1.29 bits per heavy atom. The van der Waals surface area contributed by atoms with Gasteiger partial charge in [-0.15, -0.1) is 0 Å². The summed E-state index contributed by atoms with van der Waals surface area (Å²) in [7, 11) is -25.7. The zero-order valence-electron chi connectivity index (χ0n) is 57.5. The number of nitrogens with zero attached hydrogens (tertiary/aromatic N) is 10. The Hall–Kier alpha value is -7.37. The van der Waals surface area contributed by atoms with E-state index in [1.807, 2.05) is 15.0 Å². The van der Waals surface area contributed by atoms with Crippen molar-refractivity contribution in [3.8, 4) is 0 Å². The average molecular weight is 1680 g/mol. The van der Waals surface area contributed by atoms with Crippen molar-refractivity contribution < 1.29 is 139 Å². The number of fused-ring (bicyclic) bond motifs is 2. The number of hydrogen-bond donors (Lipinski definition) is 9. The number of nitrogen functional groups attached to an aromatic ring is 2. The maximum absolute atomic E-state index is 16.9. The molecule has 7 aromatic heterocycles. The molecule has 5 fully saturated rings. The summed E-state index contributed by atoms with van der Waals surface area (Å²) in [4.78, 5) is 178. The second-order valence-electron chi connectivity index (χ2n) is 24.4. The van der Waals surface area contributed by atoms with Crippen molar-refractivity contribution in [2.45, 2.75) is 143 Å². The van der Waals surface area contributed by atoms with E-state index in [1.54, 1.807) is 0 Å². The number of H-pyrrole nitrogens is 4. The Kier molecular flexibility index (Phi) is 24.9. The molecule has 0 saturated carbocycles. The first-order valence-electron chi connectivity index (χ1n) is 32.5. The van der Waals surface area contributed by atoms with Crippen LogP contribution in [0.1, 0.15) is 51.4 Å². The fourth-order valence-electron chi connectivity index (χ4n) is 12.7. The highest BCUT2D eigenvalue weighted by Gasteiger charge is 2.57. The molecule has 0 spiro atoms. The smallest absolute Gasteiger partial charge is 0.472 e. The lowest BCUT2D eigenvalue weighted by molar-refractivity contribution is -0.237. The summed E-state index contributed by atoms with van der Waals surface area (Å²) in [6.07, 6.45) is -34.1. The molecule has 5 aliphatic heterocycles. The minimum atomic E-state index is -6.14. The minimum Gasteiger partial charge on any atom is -0.756 e. The van der Waals surface area contributed by atoms with Crippen LogP contribution in [-0.2, 0) is 106 Å². The molecule has 25 atom stereocenters. The van der Waals surface area contributed by atoms with E-state index in [4.69, 9.17) is 94.6 Å². The van der Waals surface area contributed by atoms with E-state index in [2.05, 4.69) is 29.9 Å². The van der Waals surface area contributed by atoms with Crippen LogP contribution in [0.2, 0.25) is 0 Å². The molecule has 12 rings (SSSR count). The van der Waals surface area contributed by atoms with Crippen molar-refractivity contribution in [1.29, 1.82) is 0 Å². The van der Waals surface area contributed by atoms with E-state index < -0.39 is 234 Å². The number of alkyl halides is 2. The number of anilines is 2. The third kappa shape index (κ3) is 17.9. The fourth-order valence-corrected chi connectivity index (χ4v) is 17.4. The van der Waals surface area contributed by atoms with Gasteiger partial charge in [-0.1, -0.05) is 6.92 Å². The number of aromatic nitrogens is 14. The van der Waals surface area contributed by atoms with Crippen molar-refractivity contribution in [3.63, 3.8) is 0 Å². The summed E-state index contributed by atoms with van der Waals surface area (Å²) in [6, 6.07) is 2.37. The molecule has 12 heterocycles. The SMILES string of the molecule is CCOP(=O)(O)OC1[C@@H](COP(=O)(O)OC2[C@@H](COP(=O)([O-])OC3[C@@H](COP(=O)(O)OC4[C@@H](COP(=O)([O-])OC5[C@@H](CC)O[C@@H](n6ccc(=O)[nH]c6=O)[C@H]5F)O[C@@H](n5ccc(=O)[nH]c5=O)[C@H]4F)O[C@@H](n4ccc(=O)[nH]c4=O)[C@H]3OC)O[C@@H](n3cnc4c(=O)[nH]c(N)nc43)[C@H]2OC)O[C@@H](n2cnc3c(N)ncnc32)[C@H]1OC. The van der Waals surface area contributed by atoms with Crippen molar-refractivity contribution in [2.75, 3.05) is 65.8 Å². The van der Waals surface area contributed by atoms with E-state index in [-0.39, 0.29) is 41.2 Å². The maximum Gasteiger partial charge on any atom is 0.472 e. The molecule has 58 heteroatoms. The van der Waals surface area contributed by atoms with E-state index in [0.29, 0.717) is 19.9 Å². The van der Waals surface area contributed by atoms with E-state index in [9.17, 15) is 80.9 Å². The number of imidazole rings is 2. The number of aromatic amines is 4. The van der Waals surface area contributed by atoms with E-state index >= 15 is 8.78 Å². The highest BCUT2D eigenvalue weighted by atomic mass is 31.2. The summed E-state index contributed by atoms with van der Waals surface area (Å²) < 4.78 is 206. The Bertz CT molecular complexity index is 5260. The number of methoxy groups -OCH3 is 3. The molecule has 0 radical (unpaired) electrons. The number of halogens is 2. The Morgan fingerprint density at radius 1 is 0.468 bits per heavy atom. The van der Waals surface area contributed by atoms with E-state index in [1.165, 1.54) is 24.7 Å². The van der Waals surface area contributed by atoms with Gasteiger partial charge < -0.3 is 91.9 Å².